The molecule has 0 fully saturated rings. The molecule has 2 aliphatic rings. The average molecular weight is 152 g/mol. The molecule has 1 aliphatic heterocycles. The lowest BCUT2D eigenvalue weighted by Crippen LogP contribution is -2.26. The Kier molecular flexibility index (Phi) is 1.31. The van der Waals surface area contributed by atoms with Crippen molar-refractivity contribution in [1.82, 2.24) is 5.32 Å². The van der Waals surface area contributed by atoms with Gasteiger partial charge in [-0.15, -0.1) is 12.6 Å². The van der Waals surface area contributed by atoms with Gasteiger partial charge in [0, 0.05) is 0 Å². The molecule has 2 rings (SSSR count). The Balaban J connectivity index is 2.31. The van der Waals surface area contributed by atoms with E-state index in [0.29, 0.717) is 6.04 Å². The zero-order valence-corrected chi connectivity index (χ0v) is 6.31. The van der Waals surface area contributed by atoms with Crippen molar-refractivity contribution in [3.05, 3.63) is 23.9 Å². The van der Waals surface area contributed by atoms with Gasteiger partial charge in [-0.25, -0.2) is 4.99 Å². The summed E-state index contributed by atoms with van der Waals surface area (Å²) in [4.78, 5) is 4.19. The molecule has 10 heavy (non-hydrogen) atoms. The van der Waals surface area contributed by atoms with Crippen molar-refractivity contribution in [3.8, 4) is 0 Å². The van der Waals surface area contributed by atoms with Gasteiger partial charge in [-0.3, -0.25) is 0 Å². The normalized spacial score (nSPS) is 28.7. The Hall–Kier alpha value is -0.700. The van der Waals surface area contributed by atoms with Gasteiger partial charge in [-0.05, 0) is 12.5 Å². The molecule has 0 aromatic heterocycles. The Labute approximate surface area is 65.1 Å². The third-order valence-corrected chi connectivity index (χ3v) is 1.90. The van der Waals surface area contributed by atoms with Crippen LogP contribution in [0.25, 0.3) is 0 Å². The number of allylic oxidation sites excluding steroid dienone is 2. The number of nitrogens with one attached hydrogen (secondary N) is 1. The Morgan fingerprint density at radius 1 is 1.70 bits per heavy atom. The Morgan fingerprint density at radius 2 is 2.60 bits per heavy atom. The number of aliphatic imine (C=N–C) groups is 1. The number of rotatable bonds is 0. The molecule has 0 saturated carbocycles. The maximum absolute atomic E-state index is 4.19. The summed E-state index contributed by atoms with van der Waals surface area (Å²) >= 11 is 4.12. The van der Waals surface area contributed by atoms with Crippen LogP contribution in [-0.4, -0.2) is 11.2 Å². The third kappa shape index (κ3) is 0.865. The van der Waals surface area contributed by atoms with Crippen LogP contribution in [-0.2, 0) is 0 Å². The second-order valence-corrected chi connectivity index (χ2v) is 2.81. The molecule has 0 saturated heterocycles. The molecule has 52 valence electrons. The Morgan fingerprint density at radius 3 is 3.40 bits per heavy atom. The van der Waals surface area contributed by atoms with Crippen LogP contribution in [0.2, 0.25) is 0 Å². The van der Waals surface area contributed by atoms with Gasteiger partial charge in [0.2, 0.25) is 0 Å². The van der Waals surface area contributed by atoms with E-state index in [1.165, 1.54) is 0 Å². The minimum atomic E-state index is 0.387. The standard InChI is InChI=1S/C7H8N2S/c10-7-8-5-3-1-2-4-6(5)9-7/h1-3,6H,4H2,(H2,8,9,10). The van der Waals surface area contributed by atoms with E-state index in [1.807, 2.05) is 12.2 Å². The van der Waals surface area contributed by atoms with E-state index in [4.69, 9.17) is 0 Å². The average Bonchev–Trinajstić information content (AvgIpc) is 2.27. The van der Waals surface area contributed by atoms with E-state index in [1.54, 1.807) is 0 Å². The molecule has 1 atom stereocenters. The van der Waals surface area contributed by atoms with Gasteiger partial charge in [-0.1, -0.05) is 12.2 Å². The van der Waals surface area contributed by atoms with Crippen LogP contribution < -0.4 is 5.32 Å². The SMILES string of the molecule is SC1=NC2=CC=CCC2N1. The highest BCUT2D eigenvalue weighted by Crippen LogP contribution is 2.19. The first-order valence-electron chi connectivity index (χ1n) is 3.27. The molecule has 1 unspecified atom stereocenters. The summed E-state index contributed by atoms with van der Waals surface area (Å²) in [7, 11) is 0. The molecule has 0 spiro atoms. The first-order chi connectivity index (χ1) is 4.86. The molecule has 1 heterocycles. The highest BCUT2D eigenvalue weighted by atomic mass is 32.1. The smallest absolute Gasteiger partial charge is 0.158 e. The molecule has 0 aromatic carbocycles. The molecule has 2 nitrogen and oxygen atoms in total. The molecule has 0 radical (unpaired) electrons. The van der Waals surface area contributed by atoms with Gasteiger partial charge < -0.3 is 5.32 Å². The van der Waals surface area contributed by atoms with E-state index in [0.717, 1.165) is 17.3 Å². The second kappa shape index (κ2) is 2.16. The summed E-state index contributed by atoms with van der Waals surface area (Å²) in [5.41, 5.74) is 1.10. The molecule has 0 aromatic rings. The summed E-state index contributed by atoms with van der Waals surface area (Å²) in [5, 5.41) is 3.89. The first-order valence-corrected chi connectivity index (χ1v) is 3.72. The molecule has 0 bridgehead atoms. The van der Waals surface area contributed by atoms with Gasteiger partial charge in [0.25, 0.3) is 0 Å². The van der Waals surface area contributed by atoms with E-state index in [9.17, 15) is 0 Å². The maximum atomic E-state index is 4.19. The molecular formula is C7H8N2S. The zero-order chi connectivity index (χ0) is 6.97. The lowest BCUT2D eigenvalue weighted by Gasteiger charge is -2.11. The van der Waals surface area contributed by atoms with Gasteiger partial charge in [0.1, 0.15) is 0 Å². The quantitative estimate of drug-likeness (QED) is 0.499. The summed E-state index contributed by atoms with van der Waals surface area (Å²) in [6.07, 6.45) is 7.20. The number of hydrogen-bond donors (Lipinski definition) is 2. The first kappa shape index (κ1) is 6.04. The van der Waals surface area contributed by atoms with Crippen molar-refractivity contribution < 1.29 is 0 Å². The highest BCUT2D eigenvalue weighted by molar-refractivity contribution is 7.96. The van der Waals surface area contributed by atoms with Crippen LogP contribution in [0.3, 0.4) is 0 Å². The molecule has 3 heteroatoms. The summed E-state index contributed by atoms with van der Waals surface area (Å²) in [5.74, 6) is 0. The second-order valence-electron chi connectivity index (χ2n) is 2.39. The van der Waals surface area contributed by atoms with E-state index >= 15 is 0 Å². The van der Waals surface area contributed by atoms with Crippen LogP contribution >= 0.6 is 12.6 Å². The van der Waals surface area contributed by atoms with Crippen LogP contribution in [0.4, 0.5) is 0 Å². The monoisotopic (exact) mass is 152 g/mol. The van der Waals surface area contributed by atoms with Gasteiger partial charge in [0.15, 0.2) is 5.17 Å². The van der Waals surface area contributed by atoms with Crippen LogP contribution in [0.5, 0.6) is 0 Å². The molecular weight excluding hydrogens is 144 g/mol. The number of hydrogen-bond acceptors (Lipinski definition) is 2. The van der Waals surface area contributed by atoms with Crippen LogP contribution in [0.15, 0.2) is 28.9 Å². The van der Waals surface area contributed by atoms with E-state index < -0.39 is 0 Å². The summed E-state index contributed by atoms with van der Waals surface area (Å²) in [6, 6.07) is 0.387. The Bertz CT molecular complexity index is 240. The van der Waals surface area contributed by atoms with Crippen LogP contribution in [0.1, 0.15) is 6.42 Å². The van der Waals surface area contributed by atoms with Gasteiger partial charge in [-0.2, -0.15) is 0 Å². The fourth-order valence-corrected chi connectivity index (χ4v) is 1.45. The predicted octanol–water partition coefficient (Wildman–Crippen LogP) is 1.09. The zero-order valence-electron chi connectivity index (χ0n) is 5.41. The fourth-order valence-electron chi connectivity index (χ4n) is 1.18. The van der Waals surface area contributed by atoms with Gasteiger partial charge >= 0.3 is 0 Å². The van der Waals surface area contributed by atoms with E-state index in [2.05, 4.69) is 29.0 Å². The summed E-state index contributed by atoms with van der Waals surface area (Å²) in [6.45, 7) is 0. The van der Waals surface area contributed by atoms with Crippen molar-refractivity contribution in [1.29, 1.82) is 0 Å². The minimum absolute atomic E-state index is 0.387. The number of thiol groups is 1. The molecule has 1 aliphatic carbocycles. The third-order valence-electron chi connectivity index (χ3n) is 1.67. The van der Waals surface area contributed by atoms with Crippen molar-refractivity contribution in [2.24, 2.45) is 4.99 Å². The van der Waals surface area contributed by atoms with Crippen molar-refractivity contribution in [3.63, 3.8) is 0 Å². The predicted molar refractivity (Wildman–Crippen MR) is 45.2 cm³/mol. The van der Waals surface area contributed by atoms with Crippen LogP contribution in [0, 0.1) is 0 Å². The number of nitrogens with zero attached hydrogens (tertiary/aromatic N) is 1. The van der Waals surface area contributed by atoms with E-state index in [-0.39, 0.29) is 0 Å². The van der Waals surface area contributed by atoms with Crippen molar-refractivity contribution >= 4 is 17.8 Å². The number of fused-ring (bicyclic) bond motifs is 1. The minimum Gasteiger partial charge on any atom is -0.356 e. The lowest BCUT2D eigenvalue weighted by atomic mass is 10.1. The van der Waals surface area contributed by atoms with Gasteiger partial charge in [0.05, 0.1) is 11.7 Å². The summed E-state index contributed by atoms with van der Waals surface area (Å²) < 4.78 is 0. The topological polar surface area (TPSA) is 24.4 Å². The number of amidine groups is 1. The molecule has 0 amide bonds. The fraction of sp³-hybridized carbons (Fsp3) is 0.286. The lowest BCUT2D eigenvalue weighted by molar-refractivity contribution is 0.726. The molecule has 1 N–H and O–H groups in total. The maximum Gasteiger partial charge on any atom is 0.158 e. The largest absolute Gasteiger partial charge is 0.356 e. The van der Waals surface area contributed by atoms with Crippen molar-refractivity contribution in [2.45, 2.75) is 12.5 Å². The van der Waals surface area contributed by atoms with Crippen molar-refractivity contribution in [2.75, 3.05) is 0 Å². The highest BCUT2D eigenvalue weighted by Gasteiger charge is 2.20.